The number of carboxylic acids is 1. The zero-order valence-corrected chi connectivity index (χ0v) is 37.2. The lowest BCUT2D eigenvalue weighted by Crippen LogP contribution is -2.44. The number of carbonyl (C=O) groups is 4. The Labute approximate surface area is 379 Å². The number of morpholine rings is 1. The molecule has 0 spiro atoms. The summed E-state index contributed by atoms with van der Waals surface area (Å²) in [6, 6.07) is 6.54. The fourth-order valence-corrected chi connectivity index (χ4v) is 9.65. The van der Waals surface area contributed by atoms with Crippen LogP contribution < -0.4 is 21.2 Å². The van der Waals surface area contributed by atoms with E-state index in [2.05, 4.69) is 30.7 Å². The van der Waals surface area contributed by atoms with E-state index < -0.39 is 41.9 Å². The number of carbonyl (C=O) groups excluding carboxylic acids is 3. The average molecular weight is 918 g/mol. The maximum absolute atomic E-state index is 14.3. The molecule has 3 amide bonds. The number of amides is 3. The predicted molar refractivity (Wildman–Crippen MR) is 238 cm³/mol. The fourth-order valence-electron chi connectivity index (χ4n) is 9.65. The van der Waals surface area contributed by atoms with Crippen LogP contribution >= 0.6 is 0 Å². The van der Waals surface area contributed by atoms with E-state index in [4.69, 9.17) is 9.47 Å². The van der Waals surface area contributed by atoms with Gasteiger partial charge in [0.05, 0.1) is 48.1 Å². The molecule has 3 aliphatic rings. The Morgan fingerprint density at radius 2 is 1.83 bits per heavy atom. The number of nitrogens with zero attached hydrogens (tertiary/aromatic N) is 9. The van der Waals surface area contributed by atoms with Crippen LogP contribution in [0.5, 0.6) is 0 Å². The first-order valence-electron chi connectivity index (χ1n) is 22.7. The molecule has 354 valence electrons. The number of imide groups is 1. The van der Waals surface area contributed by atoms with Gasteiger partial charge in [-0.3, -0.25) is 38.3 Å². The van der Waals surface area contributed by atoms with E-state index in [1.807, 2.05) is 30.1 Å². The minimum Gasteiger partial charge on any atom is -0.481 e. The second-order valence-electron chi connectivity index (χ2n) is 17.6. The first-order chi connectivity index (χ1) is 31.9. The number of imidazole rings is 1. The van der Waals surface area contributed by atoms with Gasteiger partial charge in [0, 0.05) is 65.3 Å². The molecule has 21 heteroatoms. The Morgan fingerprint density at radius 1 is 1.06 bits per heavy atom. The molecule has 0 bridgehead atoms. The Bertz CT molecular complexity index is 2610. The Morgan fingerprint density at radius 3 is 2.58 bits per heavy atom. The second-order valence-corrected chi connectivity index (χ2v) is 17.6. The lowest BCUT2D eigenvalue weighted by atomic mass is 9.85. The number of nitrogens with one attached hydrogen (secondary N) is 2. The number of rotatable bonds is 19. The van der Waals surface area contributed by atoms with Gasteiger partial charge in [-0.2, -0.15) is 10.2 Å². The number of ether oxygens (including phenoxy) is 2. The van der Waals surface area contributed by atoms with Crippen LogP contribution in [-0.2, 0) is 37.3 Å². The van der Waals surface area contributed by atoms with Crippen molar-refractivity contribution in [2.75, 3.05) is 69.9 Å². The number of aliphatic carboxylic acids is 1. The Hall–Kier alpha value is -6.06. The highest BCUT2D eigenvalue weighted by molar-refractivity contribution is 6.08. The molecule has 0 radical (unpaired) electrons. The molecule has 1 aliphatic carbocycles. The van der Waals surface area contributed by atoms with Crippen LogP contribution in [0, 0.1) is 11.8 Å². The lowest BCUT2D eigenvalue weighted by molar-refractivity contribution is -0.143. The number of piperidine rings is 1. The Balaban J connectivity index is 0.771. The molecule has 66 heavy (non-hydrogen) atoms. The summed E-state index contributed by atoms with van der Waals surface area (Å²) in [5.74, 6) is -1.90. The summed E-state index contributed by atoms with van der Waals surface area (Å²) in [6.45, 7) is 4.39. The minimum atomic E-state index is -2.91. The highest BCUT2D eigenvalue weighted by atomic mass is 19.3. The molecular weight excluding hydrogens is 861 g/mol. The lowest BCUT2D eigenvalue weighted by Gasteiger charge is -2.32. The van der Waals surface area contributed by atoms with E-state index >= 15 is 0 Å². The molecule has 2 atom stereocenters. The quantitative estimate of drug-likeness (QED) is 0.0777. The van der Waals surface area contributed by atoms with Crippen molar-refractivity contribution in [2.45, 2.75) is 82.7 Å². The molecule has 2 saturated heterocycles. The number of benzene rings is 1. The van der Waals surface area contributed by atoms with Crippen molar-refractivity contribution >= 4 is 51.9 Å². The van der Waals surface area contributed by atoms with Gasteiger partial charge in [-0.25, -0.2) is 23.1 Å². The van der Waals surface area contributed by atoms with E-state index in [1.165, 1.54) is 26.2 Å². The molecule has 6 heterocycles. The van der Waals surface area contributed by atoms with Crippen molar-refractivity contribution in [1.29, 1.82) is 0 Å². The van der Waals surface area contributed by atoms with Crippen LogP contribution in [0.25, 0.3) is 16.7 Å². The third kappa shape index (κ3) is 10.3. The van der Waals surface area contributed by atoms with Crippen molar-refractivity contribution in [1.82, 2.24) is 43.7 Å². The third-order valence-corrected chi connectivity index (χ3v) is 13.1. The number of alkyl halides is 2. The number of para-hydroxylation sites is 1. The third-order valence-electron chi connectivity index (χ3n) is 13.1. The normalized spacial score (nSPS) is 19.8. The number of aromatic nitrogens is 7. The summed E-state index contributed by atoms with van der Waals surface area (Å²) < 4.78 is 45.9. The van der Waals surface area contributed by atoms with Gasteiger partial charge in [-0.05, 0) is 88.4 Å². The highest BCUT2D eigenvalue weighted by Gasteiger charge is 2.32. The van der Waals surface area contributed by atoms with Crippen LogP contribution in [0.1, 0.15) is 97.9 Å². The van der Waals surface area contributed by atoms with Gasteiger partial charge >= 0.3 is 11.7 Å². The van der Waals surface area contributed by atoms with Gasteiger partial charge < -0.3 is 29.7 Å². The van der Waals surface area contributed by atoms with Gasteiger partial charge in [0.1, 0.15) is 17.4 Å². The summed E-state index contributed by atoms with van der Waals surface area (Å²) in [5, 5.41) is 23.5. The van der Waals surface area contributed by atoms with Crippen molar-refractivity contribution < 1.29 is 42.5 Å². The van der Waals surface area contributed by atoms with Crippen molar-refractivity contribution in [3.05, 3.63) is 70.2 Å². The molecule has 1 aromatic carbocycles. The number of aryl methyl sites for hydroxylation is 2. The van der Waals surface area contributed by atoms with Crippen molar-refractivity contribution in [3.8, 4) is 0 Å². The number of fused-ring (bicyclic) bond motifs is 2. The Kier molecular flexibility index (Phi) is 14.5. The largest absolute Gasteiger partial charge is 0.481 e. The van der Waals surface area contributed by atoms with Gasteiger partial charge in [-0.15, -0.1) is 0 Å². The molecule has 3 N–H and O–H groups in total. The van der Waals surface area contributed by atoms with Crippen LogP contribution in [-0.4, -0.2) is 127 Å². The molecule has 8 rings (SSSR count). The summed E-state index contributed by atoms with van der Waals surface area (Å²) in [7, 11) is 3.60. The molecule has 1 saturated carbocycles. The van der Waals surface area contributed by atoms with Gasteiger partial charge in [0.25, 0.3) is 12.3 Å². The summed E-state index contributed by atoms with van der Waals surface area (Å²) in [6.07, 6.45) is 7.43. The molecule has 19 nitrogen and oxygen atoms in total. The highest BCUT2D eigenvalue weighted by Crippen LogP contribution is 2.36. The monoisotopic (exact) mass is 917 g/mol. The minimum absolute atomic E-state index is 0.0610. The standard InChI is InChI=1S/C45H57F2N11O8/c1-53(26-30(44(62)63)8-5-21-65-20-4-7-29-6-3-9-34-39(29)54(2)45(64)58(34)35-14-15-37(59)51-43(35)61)25-28-10-12-31(13-11-28)57-27-33(38(52-57)40(46)47)49-42(60)32-24-48-56-17-16-36(50-41(32)56)55-18-22-66-23-19-55/h3,6,9,16-17,24,27-28,30-31,35,40H,4-5,7-8,10-15,18-23,25-26H2,1-2H3,(H,49,60)(H,62,63)(H,51,59,61)/t28-,30?,31-,35?. The van der Waals surface area contributed by atoms with E-state index in [1.54, 1.807) is 23.9 Å². The SMILES string of the molecule is CN(CC(CCCOCCCc1cccc2c1n(C)c(=O)n2C1CCC(=O)NC1=O)C(=O)O)C[C@H]1CC[C@H](n2cc(NC(=O)c3cnn4ccc(N5CCOCC5)nc34)c(C(F)F)n2)CC1. The zero-order chi connectivity index (χ0) is 46.5. The molecule has 5 aromatic rings. The van der Waals surface area contributed by atoms with Crippen LogP contribution in [0.2, 0.25) is 0 Å². The zero-order valence-electron chi connectivity index (χ0n) is 37.2. The fraction of sp³-hybridized carbons (Fsp3) is 0.556. The first-order valence-corrected chi connectivity index (χ1v) is 22.7. The average Bonchev–Trinajstić information content (AvgIpc) is 4.00. The summed E-state index contributed by atoms with van der Waals surface area (Å²) in [5.41, 5.74) is 1.91. The van der Waals surface area contributed by atoms with Crippen molar-refractivity contribution in [3.63, 3.8) is 0 Å². The maximum Gasteiger partial charge on any atom is 0.329 e. The summed E-state index contributed by atoms with van der Waals surface area (Å²) >= 11 is 0. The number of halogens is 2. The topological polar surface area (TPSA) is 212 Å². The number of anilines is 2. The van der Waals surface area contributed by atoms with E-state index in [-0.39, 0.29) is 41.7 Å². The number of hydrogen-bond acceptors (Lipinski definition) is 12. The first kappa shape index (κ1) is 46.5. The molecule has 2 unspecified atom stereocenters. The molecular formula is C45H57F2N11O8. The second kappa shape index (κ2) is 20.6. The smallest absolute Gasteiger partial charge is 0.329 e. The van der Waals surface area contributed by atoms with Gasteiger partial charge in [0.15, 0.2) is 11.3 Å². The van der Waals surface area contributed by atoms with Gasteiger partial charge in [0.2, 0.25) is 11.8 Å². The predicted octanol–water partition coefficient (Wildman–Crippen LogP) is 4.38. The number of hydrogen-bond donors (Lipinski definition) is 3. The van der Waals surface area contributed by atoms with E-state index in [0.717, 1.165) is 23.9 Å². The van der Waals surface area contributed by atoms with Crippen LogP contribution in [0.4, 0.5) is 20.3 Å². The van der Waals surface area contributed by atoms with E-state index in [0.29, 0.717) is 114 Å². The molecule has 2 aliphatic heterocycles. The molecule has 3 fully saturated rings. The number of carboxylic acid groups (broad SMARTS) is 1. The van der Waals surface area contributed by atoms with Crippen molar-refractivity contribution in [2.24, 2.45) is 18.9 Å². The van der Waals surface area contributed by atoms with Crippen LogP contribution in [0.15, 0.2) is 47.7 Å². The van der Waals surface area contributed by atoms with Gasteiger partial charge in [-0.1, -0.05) is 12.1 Å². The maximum atomic E-state index is 14.3. The molecule has 4 aromatic heterocycles. The van der Waals surface area contributed by atoms with E-state index in [9.17, 15) is 37.9 Å². The van der Waals surface area contributed by atoms with Crippen LogP contribution in [0.3, 0.4) is 0 Å². The summed E-state index contributed by atoms with van der Waals surface area (Å²) in [4.78, 5) is 72.0.